The van der Waals surface area contributed by atoms with Gasteiger partial charge in [0, 0.05) is 17.0 Å². The third kappa shape index (κ3) is 4.85. The van der Waals surface area contributed by atoms with Crippen molar-refractivity contribution in [2.75, 3.05) is 13.7 Å². The molecule has 2 aromatic carbocycles. The van der Waals surface area contributed by atoms with E-state index in [1.165, 1.54) is 6.07 Å². The second-order valence-corrected chi connectivity index (χ2v) is 6.93. The van der Waals surface area contributed by atoms with Crippen molar-refractivity contribution in [1.29, 1.82) is 0 Å². The first kappa shape index (κ1) is 21.9. The number of ether oxygens (including phenoxy) is 2. The predicted molar refractivity (Wildman–Crippen MR) is 115 cm³/mol. The van der Waals surface area contributed by atoms with Gasteiger partial charge in [-0.3, -0.25) is 4.79 Å². The van der Waals surface area contributed by atoms with Gasteiger partial charge in [-0.1, -0.05) is 19.1 Å². The summed E-state index contributed by atoms with van der Waals surface area (Å²) in [4.78, 5) is 35.3. The molecule has 0 bridgehead atoms. The summed E-state index contributed by atoms with van der Waals surface area (Å²) in [5, 5.41) is 12.2. The molecule has 162 valence electrons. The average Bonchev–Trinajstić information content (AvgIpc) is 2.76. The molecule has 1 unspecified atom stereocenters. The smallest absolute Gasteiger partial charge is 0.336 e. The highest BCUT2D eigenvalue weighted by molar-refractivity contribution is 5.95. The number of aliphatic carboxylic acids is 1. The van der Waals surface area contributed by atoms with Gasteiger partial charge >= 0.3 is 11.6 Å². The minimum Gasteiger partial charge on any atom is -0.497 e. The van der Waals surface area contributed by atoms with Gasteiger partial charge in [0.1, 0.15) is 23.1 Å². The monoisotopic (exact) mass is 425 g/mol. The maximum Gasteiger partial charge on any atom is 0.336 e. The molecule has 1 heterocycles. The SMILES string of the molecule is CCC(NC(=O)COc1ccc2c(-c3ccc(OC)cc3)cc(=O)oc2c1C)C(=O)O. The molecular weight excluding hydrogens is 402 g/mol. The highest BCUT2D eigenvalue weighted by Crippen LogP contribution is 2.33. The number of hydrogen-bond donors (Lipinski definition) is 2. The molecule has 8 nitrogen and oxygen atoms in total. The van der Waals surface area contributed by atoms with Gasteiger partial charge in [-0.2, -0.15) is 0 Å². The van der Waals surface area contributed by atoms with Crippen molar-refractivity contribution in [2.24, 2.45) is 0 Å². The van der Waals surface area contributed by atoms with Crippen LogP contribution in [0.25, 0.3) is 22.1 Å². The zero-order valence-corrected chi connectivity index (χ0v) is 17.4. The van der Waals surface area contributed by atoms with Crippen molar-refractivity contribution in [1.82, 2.24) is 5.32 Å². The summed E-state index contributed by atoms with van der Waals surface area (Å²) in [6.07, 6.45) is 0.259. The Morgan fingerprint density at radius 3 is 2.48 bits per heavy atom. The molecule has 8 heteroatoms. The van der Waals surface area contributed by atoms with Crippen molar-refractivity contribution < 1.29 is 28.6 Å². The fourth-order valence-electron chi connectivity index (χ4n) is 3.23. The summed E-state index contributed by atoms with van der Waals surface area (Å²) in [5.41, 5.74) is 1.93. The third-order valence-corrected chi connectivity index (χ3v) is 4.91. The summed E-state index contributed by atoms with van der Waals surface area (Å²) in [5.74, 6) is -0.594. The number of nitrogens with one attached hydrogen (secondary N) is 1. The summed E-state index contributed by atoms with van der Waals surface area (Å²) in [6.45, 7) is 3.02. The van der Waals surface area contributed by atoms with Crippen LogP contribution in [-0.4, -0.2) is 36.7 Å². The Morgan fingerprint density at radius 1 is 1.16 bits per heavy atom. The minimum absolute atomic E-state index is 0.259. The molecule has 1 atom stereocenters. The molecule has 0 aliphatic rings. The van der Waals surface area contributed by atoms with Crippen molar-refractivity contribution in [3.8, 4) is 22.6 Å². The molecule has 3 rings (SSSR count). The topological polar surface area (TPSA) is 115 Å². The summed E-state index contributed by atoms with van der Waals surface area (Å²) in [6, 6.07) is 11.2. The Bertz CT molecular complexity index is 1160. The normalized spacial score (nSPS) is 11.7. The van der Waals surface area contributed by atoms with Gasteiger partial charge in [0.25, 0.3) is 5.91 Å². The first-order valence-electron chi connectivity index (χ1n) is 9.71. The molecule has 0 spiro atoms. The van der Waals surface area contributed by atoms with Crippen LogP contribution in [-0.2, 0) is 9.59 Å². The van der Waals surface area contributed by atoms with E-state index in [4.69, 9.17) is 19.0 Å². The molecule has 0 aliphatic carbocycles. The van der Waals surface area contributed by atoms with Crippen molar-refractivity contribution in [3.05, 3.63) is 58.4 Å². The summed E-state index contributed by atoms with van der Waals surface area (Å²) < 4.78 is 16.2. The van der Waals surface area contributed by atoms with Crippen LogP contribution in [0.5, 0.6) is 11.5 Å². The van der Waals surface area contributed by atoms with Gasteiger partial charge in [0.05, 0.1) is 7.11 Å². The van der Waals surface area contributed by atoms with Gasteiger partial charge in [-0.15, -0.1) is 0 Å². The number of benzene rings is 2. The standard InChI is InChI=1S/C23H23NO7/c1-4-18(23(27)28)24-20(25)12-30-19-10-9-16-17(11-21(26)31-22(16)13(19)2)14-5-7-15(29-3)8-6-14/h5-11,18H,4,12H2,1-3H3,(H,24,25)(H,27,28). The summed E-state index contributed by atoms with van der Waals surface area (Å²) in [7, 11) is 1.58. The Kier molecular flexibility index (Phi) is 6.59. The predicted octanol–water partition coefficient (Wildman–Crippen LogP) is 3.14. The molecule has 0 saturated heterocycles. The molecule has 2 N–H and O–H groups in total. The molecule has 0 fully saturated rings. The van der Waals surface area contributed by atoms with E-state index >= 15 is 0 Å². The lowest BCUT2D eigenvalue weighted by Crippen LogP contribution is -2.42. The Hall–Kier alpha value is -3.81. The maximum atomic E-state index is 12.2. The lowest BCUT2D eigenvalue weighted by molar-refractivity contribution is -0.142. The maximum absolute atomic E-state index is 12.2. The largest absolute Gasteiger partial charge is 0.497 e. The molecule has 0 aliphatic heterocycles. The third-order valence-electron chi connectivity index (χ3n) is 4.91. The van der Waals surface area contributed by atoms with Crippen LogP contribution in [0, 0.1) is 6.92 Å². The van der Waals surface area contributed by atoms with Crippen LogP contribution in [0.4, 0.5) is 0 Å². The Balaban J connectivity index is 1.89. The molecule has 31 heavy (non-hydrogen) atoms. The number of methoxy groups -OCH3 is 1. The quantitative estimate of drug-likeness (QED) is 0.533. The second kappa shape index (κ2) is 9.34. The average molecular weight is 425 g/mol. The number of carbonyl (C=O) groups is 2. The highest BCUT2D eigenvalue weighted by atomic mass is 16.5. The Labute approximate surface area is 178 Å². The van der Waals surface area contributed by atoms with E-state index in [-0.39, 0.29) is 13.0 Å². The van der Waals surface area contributed by atoms with Crippen LogP contribution in [0.15, 0.2) is 51.7 Å². The fraction of sp³-hybridized carbons (Fsp3) is 0.261. The zero-order chi connectivity index (χ0) is 22.5. The highest BCUT2D eigenvalue weighted by Gasteiger charge is 2.19. The zero-order valence-electron chi connectivity index (χ0n) is 17.4. The van der Waals surface area contributed by atoms with Gasteiger partial charge in [0.15, 0.2) is 6.61 Å². The first-order valence-corrected chi connectivity index (χ1v) is 9.71. The van der Waals surface area contributed by atoms with Crippen molar-refractivity contribution >= 4 is 22.8 Å². The lowest BCUT2D eigenvalue weighted by Gasteiger charge is -2.14. The van der Waals surface area contributed by atoms with E-state index in [1.807, 2.05) is 12.1 Å². The number of rotatable bonds is 8. The number of carboxylic acids is 1. The van der Waals surface area contributed by atoms with Crippen molar-refractivity contribution in [2.45, 2.75) is 26.3 Å². The molecular formula is C23H23NO7. The van der Waals surface area contributed by atoms with E-state index in [9.17, 15) is 14.4 Å². The van der Waals surface area contributed by atoms with E-state index in [0.717, 1.165) is 10.9 Å². The lowest BCUT2D eigenvalue weighted by atomic mass is 10.00. The molecule has 3 aromatic rings. The van der Waals surface area contributed by atoms with Gasteiger partial charge in [0.2, 0.25) is 0 Å². The van der Waals surface area contributed by atoms with E-state index in [2.05, 4.69) is 5.32 Å². The van der Waals surface area contributed by atoms with Gasteiger partial charge in [-0.25, -0.2) is 9.59 Å². The number of fused-ring (bicyclic) bond motifs is 1. The second-order valence-electron chi connectivity index (χ2n) is 6.93. The van der Waals surface area contributed by atoms with Gasteiger partial charge < -0.3 is 24.3 Å². The molecule has 0 radical (unpaired) electrons. The summed E-state index contributed by atoms with van der Waals surface area (Å²) >= 11 is 0. The molecule has 0 saturated carbocycles. The van der Waals surface area contributed by atoms with Crippen LogP contribution in [0.1, 0.15) is 18.9 Å². The molecule has 1 amide bonds. The van der Waals surface area contributed by atoms with Crippen molar-refractivity contribution in [3.63, 3.8) is 0 Å². The van der Waals surface area contributed by atoms with Crippen LogP contribution < -0.4 is 20.4 Å². The number of carbonyl (C=O) groups excluding carboxylic acids is 1. The Morgan fingerprint density at radius 2 is 1.87 bits per heavy atom. The van der Waals surface area contributed by atoms with E-state index < -0.39 is 23.5 Å². The number of amides is 1. The number of carboxylic acid groups (broad SMARTS) is 1. The number of hydrogen-bond acceptors (Lipinski definition) is 6. The molecule has 1 aromatic heterocycles. The van der Waals surface area contributed by atoms with Gasteiger partial charge in [-0.05, 0) is 48.7 Å². The van der Waals surface area contributed by atoms with E-state index in [1.54, 1.807) is 45.2 Å². The van der Waals surface area contributed by atoms with Crippen LogP contribution >= 0.6 is 0 Å². The fourth-order valence-corrected chi connectivity index (χ4v) is 3.23. The minimum atomic E-state index is -1.11. The van der Waals surface area contributed by atoms with Crippen LogP contribution in [0.3, 0.4) is 0 Å². The first-order chi connectivity index (χ1) is 14.8. The van der Waals surface area contributed by atoms with Crippen LogP contribution in [0.2, 0.25) is 0 Å². The number of aryl methyl sites for hydroxylation is 1. The van der Waals surface area contributed by atoms with E-state index in [0.29, 0.717) is 28.2 Å².